The molecule has 0 bridgehead atoms. The van der Waals surface area contributed by atoms with Crippen molar-refractivity contribution in [1.82, 2.24) is 24.6 Å². The maximum absolute atomic E-state index is 5.43. The van der Waals surface area contributed by atoms with Gasteiger partial charge in [-0.1, -0.05) is 30.3 Å². The zero-order valence-corrected chi connectivity index (χ0v) is 14.9. The molecule has 5 aromatic rings. The fraction of sp³-hybridized carbons (Fsp3) is 0.0476. The predicted octanol–water partition coefficient (Wildman–Crippen LogP) is 4.06. The van der Waals surface area contributed by atoms with Crippen LogP contribution in [0.1, 0.15) is 5.76 Å². The van der Waals surface area contributed by atoms with E-state index in [4.69, 9.17) is 9.40 Å². The number of nitrogens with zero attached hydrogens (tertiary/aromatic N) is 5. The molecule has 0 saturated carbocycles. The summed E-state index contributed by atoms with van der Waals surface area (Å²) in [6, 6.07) is 19.5. The summed E-state index contributed by atoms with van der Waals surface area (Å²) in [5.41, 5.74) is 2.67. The lowest BCUT2D eigenvalue weighted by Crippen LogP contribution is -2.06. The van der Waals surface area contributed by atoms with Crippen LogP contribution in [-0.2, 0) is 6.54 Å². The van der Waals surface area contributed by atoms with Gasteiger partial charge in [0.05, 0.1) is 18.5 Å². The molecule has 0 aliphatic rings. The van der Waals surface area contributed by atoms with Crippen LogP contribution in [0.5, 0.6) is 0 Å². The van der Waals surface area contributed by atoms with Gasteiger partial charge in [-0.2, -0.15) is 9.50 Å². The van der Waals surface area contributed by atoms with Crippen molar-refractivity contribution in [1.29, 1.82) is 0 Å². The molecule has 0 saturated heterocycles. The highest BCUT2D eigenvalue weighted by Gasteiger charge is 2.14. The first-order valence-electron chi connectivity index (χ1n) is 8.87. The minimum Gasteiger partial charge on any atom is -0.467 e. The summed E-state index contributed by atoms with van der Waals surface area (Å²) in [7, 11) is 0. The molecule has 0 aliphatic heterocycles. The van der Waals surface area contributed by atoms with E-state index in [1.165, 1.54) is 0 Å². The summed E-state index contributed by atoms with van der Waals surface area (Å²) in [4.78, 5) is 13.5. The zero-order valence-electron chi connectivity index (χ0n) is 14.9. The quantitative estimate of drug-likeness (QED) is 0.504. The number of furan rings is 1. The predicted molar refractivity (Wildman–Crippen MR) is 105 cm³/mol. The number of fused-ring (bicyclic) bond motifs is 1. The first-order valence-corrected chi connectivity index (χ1v) is 8.87. The second kappa shape index (κ2) is 6.96. The van der Waals surface area contributed by atoms with Gasteiger partial charge < -0.3 is 9.73 Å². The fourth-order valence-electron chi connectivity index (χ4n) is 2.96. The average Bonchev–Trinajstić information content (AvgIpc) is 3.43. The molecule has 136 valence electrons. The van der Waals surface area contributed by atoms with Crippen LogP contribution < -0.4 is 5.32 Å². The van der Waals surface area contributed by atoms with Crippen LogP contribution in [0.25, 0.3) is 28.4 Å². The Bertz CT molecular complexity index is 1200. The van der Waals surface area contributed by atoms with E-state index >= 15 is 0 Å². The maximum Gasteiger partial charge on any atom is 0.255 e. The Morgan fingerprint density at radius 1 is 0.929 bits per heavy atom. The van der Waals surface area contributed by atoms with Crippen molar-refractivity contribution in [2.45, 2.75) is 6.54 Å². The highest BCUT2D eigenvalue weighted by molar-refractivity contribution is 5.66. The molecule has 0 spiro atoms. The van der Waals surface area contributed by atoms with Gasteiger partial charge in [0.25, 0.3) is 5.78 Å². The molecular weight excluding hydrogens is 352 g/mol. The van der Waals surface area contributed by atoms with Gasteiger partial charge in [-0.3, -0.25) is 4.98 Å². The molecule has 7 heteroatoms. The van der Waals surface area contributed by atoms with Crippen LogP contribution in [0.3, 0.4) is 0 Å². The van der Waals surface area contributed by atoms with E-state index in [2.05, 4.69) is 20.4 Å². The molecule has 0 fully saturated rings. The summed E-state index contributed by atoms with van der Waals surface area (Å²) in [5.74, 6) is 2.70. The van der Waals surface area contributed by atoms with Crippen LogP contribution in [0.2, 0.25) is 0 Å². The monoisotopic (exact) mass is 368 g/mol. The lowest BCUT2D eigenvalue weighted by molar-refractivity contribution is 0.517. The summed E-state index contributed by atoms with van der Waals surface area (Å²) < 4.78 is 7.13. The van der Waals surface area contributed by atoms with E-state index in [-0.39, 0.29) is 0 Å². The van der Waals surface area contributed by atoms with Crippen LogP contribution in [-0.4, -0.2) is 24.6 Å². The molecule has 28 heavy (non-hydrogen) atoms. The number of aromatic nitrogens is 5. The number of nitrogens with one attached hydrogen (secondary N) is 1. The molecule has 1 aromatic carbocycles. The third kappa shape index (κ3) is 3.09. The largest absolute Gasteiger partial charge is 0.467 e. The molecule has 1 N–H and O–H groups in total. The molecule has 4 heterocycles. The summed E-state index contributed by atoms with van der Waals surface area (Å²) in [5, 5.41) is 8.00. The van der Waals surface area contributed by atoms with E-state index in [9.17, 15) is 0 Å². The van der Waals surface area contributed by atoms with Crippen molar-refractivity contribution in [3.05, 3.63) is 85.1 Å². The topological polar surface area (TPSA) is 81.1 Å². The standard InChI is InChI=1S/C21H16N6O/c1-2-6-15(7-3-1)18-12-19(23-14-17-9-5-11-28-17)27-21(24-18)25-20(26-27)16-8-4-10-22-13-16/h1-13,23H,14H2. The van der Waals surface area contributed by atoms with E-state index in [1.54, 1.807) is 23.2 Å². The Morgan fingerprint density at radius 3 is 2.61 bits per heavy atom. The van der Waals surface area contributed by atoms with Gasteiger partial charge >= 0.3 is 0 Å². The Balaban J connectivity index is 1.62. The van der Waals surface area contributed by atoms with Gasteiger partial charge in [-0.05, 0) is 24.3 Å². The Labute approximate surface area is 160 Å². The highest BCUT2D eigenvalue weighted by Crippen LogP contribution is 2.24. The Kier molecular flexibility index (Phi) is 4.02. The number of hydrogen-bond donors (Lipinski definition) is 1. The molecule has 7 nitrogen and oxygen atoms in total. The maximum atomic E-state index is 5.43. The molecule has 0 atom stereocenters. The molecule has 0 unspecified atom stereocenters. The number of hydrogen-bond acceptors (Lipinski definition) is 6. The smallest absolute Gasteiger partial charge is 0.255 e. The minimum atomic E-state index is 0.516. The zero-order chi connectivity index (χ0) is 18.8. The van der Waals surface area contributed by atoms with E-state index in [1.807, 2.05) is 60.7 Å². The number of benzene rings is 1. The van der Waals surface area contributed by atoms with Gasteiger partial charge in [0.15, 0.2) is 5.82 Å². The third-order valence-corrected chi connectivity index (χ3v) is 4.33. The number of anilines is 1. The van der Waals surface area contributed by atoms with Crippen LogP contribution >= 0.6 is 0 Å². The van der Waals surface area contributed by atoms with E-state index in [0.29, 0.717) is 18.1 Å². The molecule has 0 amide bonds. The number of pyridine rings is 1. The van der Waals surface area contributed by atoms with Crippen LogP contribution in [0.4, 0.5) is 5.82 Å². The highest BCUT2D eigenvalue weighted by atomic mass is 16.3. The van der Waals surface area contributed by atoms with Crippen LogP contribution in [0.15, 0.2) is 83.7 Å². The van der Waals surface area contributed by atoms with Crippen molar-refractivity contribution < 1.29 is 4.42 Å². The second-order valence-corrected chi connectivity index (χ2v) is 6.21. The molecule has 0 radical (unpaired) electrons. The van der Waals surface area contributed by atoms with Gasteiger partial charge in [0, 0.05) is 29.6 Å². The Morgan fingerprint density at radius 2 is 1.82 bits per heavy atom. The van der Waals surface area contributed by atoms with Crippen LogP contribution in [0, 0.1) is 0 Å². The molecular formula is C21H16N6O. The SMILES string of the molecule is c1ccc(-c2cc(NCc3ccco3)n3nc(-c4cccnc4)nc3n2)cc1. The van der Waals surface area contributed by atoms with Gasteiger partial charge in [0.1, 0.15) is 11.6 Å². The lowest BCUT2D eigenvalue weighted by Gasteiger charge is -2.09. The molecule has 4 aromatic heterocycles. The van der Waals surface area contributed by atoms with Crippen molar-refractivity contribution in [2.24, 2.45) is 0 Å². The summed E-state index contributed by atoms with van der Waals surface area (Å²) in [6.45, 7) is 0.530. The van der Waals surface area contributed by atoms with Gasteiger partial charge in [0.2, 0.25) is 0 Å². The Hall–Kier alpha value is -4.00. The van der Waals surface area contributed by atoms with E-state index < -0.39 is 0 Å². The van der Waals surface area contributed by atoms with Gasteiger partial charge in [-0.25, -0.2) is 4.98 Å². The summed E-state index contributed by atoms with van der Waals surface area (Å²) in [6.07, 6.45) is 5.12. The van der Waals surface area contributed by atoms with E-state index in [0.717, 1.165) is 28.4 Å². The van der Waals surface area contributed by atoms with Crippen molar-refractivity contribution in [2.75, 3.05) is 5.32 Å². The van der Waals surface area contributed by atoms with Crippen molar-refractivity contribution in [3.63, 3.8) is 0 Å². The molecule has 0 aliphatic carbocycles. The first-order chi connectivity index (χ1) is 13.9. The van der Waals surface area contributed by atoms with Crippen molar-refractivity contribution >= 4 is 11.6 Å². The third-order valence-electron chi connectivity index (χ3n) is 4.33. The average molecular weight is 368 g/mol. The van der Waals surface area contributed by atoms with Gasteiger partial charge in [-0.15, -0.1) is 5.10 Å². The normalized spacial score (nSPS) is 11.0. The first kappa shape index (κ1) is 16.2. The fourth-order valence-corrected chi connectivity index (χ4v) is 2.96. The number of rotatable bonds is 5. The summed E-state index contributed by atoms with van der Waals surface area (Å²) >= 11 is 0. The minimum absolute atomic E-state index is 0.516. The lowest BCUT2D eigenvalue weighted by atomic mass is 10.1. The van der Waals surface area contributed by atoms with Crippen molar-refractivity contribution in [3.8, 4) is 22.6 Å². The molecule has 5 rings (SSSR count). The second-order valence-electron chi connectivity index (χ2n) is 6.21.